The monoisotopic (exact) mass is 439 g/mol. The molecule has 0 saturated heterocycles. The summed E-state index contributed by atoms with van der Waals surface area (Å²) in [6.07, 6.45) is 6.69. The lowest BCUT2D eigenvalue weighted by Gasteiger charge is -2.13. The summed E-state index contributed by atoms with van der Waals surface area (Å²) in [7, 11) is 0. The molecular formula is C23H25N3O2S2. The summed E-state index contributed by atoms with van der Waals surface area (Å²) in [6.45, 7) is 4.60. The lowest BCUT2D eigenvalue weighted by Crippen LogP contribution is -2.27. The molecule has 5 nitrogen and oxygen atoms in total. The zero-order valence-corrected chi connectivity index (χ0v) is 18.5. The number of thioether (sulfide) groups is 1. The Hall–Kier alpha value is -2.38. The van der Waals surface area contributed by atoms with Crippen molar-refractivity contribution in [1.29, 1.82) is 0 Å². The molecule has 0 unspecified atom stereocenters. The van der Waals surface area contributed by atoms with Gasteiger partial charge in [0.2, 0.25) is 5.91 Å². The number of aromatic nitrogens is 2. The fourth-order valence-electron chi connectivity index (χ4n) is 3.78. The summed E-state index contributed by atoms with van der Waals surface area (Å²) in [6, 6.07) is 10.1. The topological polar surface area (TPSA) is 64.0 Å². The van der Waals surface area contributed by atoms with Crippen molar-refractivity contribution in [2.24, 2.45) is 0 Å². The number of carbonyl (C=O) groups is 1. The predicted molar refractivity (Wildman–Crippen MR) is 125 cm³/mol. The summed E-state index contributed by atoms with van der Waals surface area (Å²) in [5.41, 5.74) is 2.41. The molecule has 1 N–H and O–H groups in total. The number of fused-ring (bicyclic) bond motifs is 3. The van der Waals surface area contributed by atoms with Crippen molar-refractivity contribution in [2.45, 2.75) is 43.8 Å². The van der Waals surface area contributed by atoms with Gasteiger partial charge in [-0.2, -0.15) is 0 Å². The molecule has 7 heteroatoms. The van der Waals surface area contributed by atoms with Crippen LogP contribution in [0, 0.1) is 0 Å². The highest BCUT2D eigenvalue weighted by Gasteiger charge is 2.22. The standard InChI is InChI=1S/C23H25N3O2S2/c1-2-13-24-19(27)15-29-23-25-21-20(17-10-6-7-11-18(17)30-21)22(28)26(23)14-12-16-8-4-3-5-9-16/h2-5,8-9H,1,6-7,10-15H2,(H,24,27). The highest BCUT2D eigenvalue weighted by Crippen LogP contribution is 2.34. The zero-order chi connectivity index (χ0) is 20.9. The van der Waals surface area contributed by atoms with E-state index in [4.69, 9.17) is 4.98 Å². The maximum absolute atomic E-state index is 13.5. The molecule has 2 heterocycles. The van der Waals surface area contributed by atoms with E-state index in [-0.39, 0.29) is 17.2 Å². The van der Waals surface area contributed by atoms with E-state index in [1.807, 2.05) is 18.2 Å². The Bertz CT molecular complexity index is 1120. The number of nitrogens with one attached hydrogen (secondary N) is 1. The first-order valence-electron chi connectivity index (χ1n) is 10.3. The van der Waals surface area contributed by atoms with E-state index in [1.54, 1.807) is 22.0 Å². The number of amides is 1. The number of benzene rings is 1. The number of hydrogen-bond donors (Lipinski definition) is 1. The smallest absolute Gasteiger partial charge is 0.263 e. The molecule has 1 aromatic carbocycles. The SMILES string of the molecule is C=CCNC(=O)CSc1nc2sc3c(c2c(=O)n1CCc1ccccc1)CCCC3. The van der Waals surface area contributed by atoms with Crippen molar-refractivity contribution in [3.8, 4) is 0 Å². The highest BCUT2D eigenvalue weighted by molar-refractivity contribution is 7.99. The van der Waals surface area contributed by atoms with E-state index in [0.717, 1.165) is 35.9 Å². The van der Waals surface area contributed by atoms with Gasteiger partial charge in [-0.05, 0) is 43.2 Å². The molecule has 1 amide bonds. The fourth-order valence-corrected chi connectivity index (χ4v) is 5.94. The van der Waals surface area contributed by atoms with Gasteiger partial charge < -0.3 is 5.32 Å². The minimum atomic E-state index is -0.0886. The maximum Gasteiger partial charge on any atom is 0.263 e. The Morgan fingerprint density at radius 3 is 2.87 bits per heavy atom. The van der Waals surface area contributed by atoms with E-state index in [2.05, 4.69) is 24.0 Å². The van der Waals surface area contributed by atoms with Crippen LogP contribution in [0.15, 0.2) is 52.9 Å². The molecule has 1 aliphatic carbocycles. The molecule has 1 aliphatic rings. The molecule has 156 valence electrons. The summed E-state index contributed by atoms with van der Waals surface area (Å²) in [5, 5.41) is 4.20. The Labute approximate surface area is 184 Å². The third kappa shape index (κ3) is 4.52. The fraction of sp³-hybridized carbons (Fsp3) is 0.348. The molecule has 2 aromatic heterocycles. The van der Waals surface area contributed by atoms with Gasteiger partial charge in [0.05, 0.1) is 11.1 Å². The molecule has 0 aliphatic heterocycles. The van der Waals surface area contributed by atoms with Crippen LogP contribution in [0.4, 0.5) is 0 Å². The van der Waals surface area contributed by atoms with Gasteiger partial charge in [0, 0.05) is 18.0 Å². The van der Waals surface area contributed by atoms with Crippen molar-refractivity contribution >= 4 is 39.2 Å². The first-order valence-corrected chi connectivity index (χ1v) is 12.1. The molecule has 3 aromatic rings. The van der Waals surface area contributed by atoms with E-state index >= 15 is 0 Å². The van der Waals surface area contributed by atoms with Crippen LogP contribution in [-0.4, -0.2) is 27.8 Å². The Balaban J connectivity index is 1.68. The van der Waals surface area contributed by atoms with E-state index < -0.39 is 0 Å². The predicted octanol–water partition coefficient (Wildman–Crippen LogP) is 3.97. The van der Waals surface area contributed by atoms with Gasteiger partial charge in [-0.25, -0.2) is 4.98 Å². The number of carbonyl (C=O) groups excluding carboxylic acids is 1. The molecular weight excluding hydrogens is 414 g/mol. The lowest BCUT2D eigenvalue weighted by molar-refractivity contribution is -0.118. The molecule has 0 radical (unpaired) electrons. The molecule has 0 fully saturated rings. The van der Waals surface area contributed by atoms with Gasteiger partial charge in [0.15, 0.2) is 5.16 Å². The normalized spacial score (nSPS) is 13.2. The second kappa shape index (κ2) is 9.62. The zero-order valence-electron chi connectivity index (χ0n) is 16.9. The number of hydrogen-bond acceptors (Lipinski definition) is 5. The average Bonchev–Trinajstić information content (AvgIpc) is 3.15. The Morgan fingerprint density at radius 1 is 1.27 bits per heavy atom. The van der Waals surface area contributed by atoms with Gasteiger partial charge in [-0.1, -0.05) is 48.2 Å². The summed E-state index contributed by atoms with van der Waals surface area (Å²) < 4.78 is 1.77. The Kier molecular flexibility index (Phi) is 6.69. The van der Waals surface area contributed by atoms with Crippen LogP contribution in [0.3, 0.4) is 0 Å². The third-order valence-electron chi connectivity index (χ3n) is 5.28. The van der Waals surface area contributed by atoms with Crippen LogP contribution < -0.4 is 10.9 Å². The molecule has 0 saturated carbocycles. The second-order valence-corrected chi connectivity index (χ2v) is 9.39. The summed E-state index contributed by atoms with van der Waals surface area (Å²) >= 11 is 2.98. The summed E-state index contributed by atoms with van der Waals surface area (Å²) in [5.74, 6) is 0.136. The third-order valence-corrected chi connectivity index (χ3v) is 7.44. The van der Waals surface area contributed by atoms with E-state index in [1.165, 1.54) is 34.2 Å². The quantitative estimate of drug-likeness (QED) is 0.328. The number of thiophene rings is 1. The average molecular weight is 440 g/mol. The number of aryl methyl sites for hydroxylation is 3. The van der Waals surface area contributed by atoms with Gasteiger partial charge in [-0.15, -0.1) is 17.9 Å². The van der Waals surface area contributed by atoms with Gasteiger partial charge in [0.1, 0.15) is 4.83 Å². The molecule has 0 spiro atoms. The number of nitrogens with zero attached hydrogens (tertiary/aromatic N) is 2. The van der Waals surface area contributed by atoms with Crippen LogP contribution >= 0.6 is 23.1 Å². The lowest BCUT2D eigenvalue weighted by atomic mass is 9.97. The Morgan fingerprint density at radius 2 is 2.07 bits per heavy atom. The first-order chi connectivity index (χ1) is 14.7. The largest absolute Gasteiger partial charge is 0.352 e. The summed E-state index contributed by atoms with van der Waals surface area (Å²) in [4.78, 5) is 32.6. The molecule has 0 atom stereocenters. The van der Waals surface area contributed by atoms with Crippen molar-refractivity contribution in [1.82, 2.24) is 14.9 Å². The van der Waals surface area contributed by atoms with E-state index in [0.29, 0.717) is 18.2 Å². The van der Waals surface area contributed by atoms with Gasteiger partial charge in [-0.3, -0.25) is 14.2 Å². The van der Waals surface area contributed by atoms with Crippen molar-refractivity contribution in [2.75, 3.05) is 12.3 Å². The first kappa shape index (κ1) is 20.9. The minimum absolute atomic E-state index is 0.0318. The molecule has 4 rings (SSSR count). The molecule has 0 bridgehead atoms. The highest BCUT2D eigenvalue weighted by atomic mass is 32.2. The van der Waals surface area contributed by atoms with Crippen LogP contribution in [0.5, 0.6) is 0 Å². The molecule has 30 heavy (non-hydrogen) atoms. The minimum Gasteiger partial charge on any atom is -0.352 e. The van der Waals surface area contributed by atoms with E-state index in [9.17, 15) is 9.59 Å². The maximum atomic E-state index is 13.5. The second-order valence-electron chi connectivity index (χ2n) is 7.36. The van der Waals surface area contributed by atoms with Crippen LogP contribution in [0.1, 0.15) is 28.8 Å². The van der Waals surface area contributed by atoms with Crippen LogP contribution in [0.25, 0.3) is 10.2 Å². The van der Waals surface area contributed by atoms with Crippen molar-refractivity contribution < 1.29 is 4.79 Å². The van der Waals surface area contributed by atoms with Crippen molar-refractivity contribution in [3.05, 3.63) is 69.3 Å². The van der Waals surface area contributed by atoms with Crippen LogP contribution in [-0.2, 0) is 30.6 Å². The van der Waals surface area contributed by atoms with Gasteiger partial charge in [0.25, 0.3) is 5.56 Å². The van der Waals surface area contributed by atoms with Gasteiger partial charge >= 0.3 is 0 Å². The van der Waals surface area contributed by atoms with Crippen LogP contribution in [0.2, 0.25) is 0 Å². The van der Waals surface area contributed by atoms with Crippen molar-refractivity contribution in [3.63, 3.8) is 0 Å². The number of rotatable bonds is 8.